The molecule has 4 rings (SSSR count). The van der Waals surface area contributed by atoms with E-state index in [0.717, 1.165) is 16.8 Å². The molecule has 0 saturated carbocycles. The molecule has 0 bridgehead atoms. The highest BCUT2D eigenvalue weighted by atomic mass is 19.1. The Labute approximate surface area is 234 Å². The van der Waals surface area contributed by atoms with Crippen molar-refractivity contribution in [2.75, 3.05) is 26.9 Å². The zero-order valence-electron chi connectivity index (χ0n) is 23.2. The molecular formula is C27H34FN3O10. The molecule has 41 heavy (non-hydrogen) atoms. The first kappa shape index (κ1) is 30.7. The first-order valence-electron chi connectivity index (χ1n) is 13.0. The zero-order chi connectivity index (χ0) is 29.9. The molecule has 0 radical (unpaired) electrons. The quantitative estimate of drug-likeness (QED) is 0.264. The van der Waals surface area contributed by atoms with E-state index in [0.29, 0.717) is 10.1 Å². The highest BCUT2D eigenvalue weighted by Gasteiger charge is 2.69. The molecule has 1 aromatic carbocycles. The van der Waals surface area contributed by atoms with Gasteiger partial charge in [0.15, 0.2) is 24.3 Å². The van der Waals surface area contributed by atoms with Gasteiger partial charge in [-0.1, -0.05) is 44.2 Å². The van der Waals surface area contributed by atoms with E-state index in [-0.39, 0.29) is 18.2 Å². The minimum absolute atomic E-state index is 0.134. The van der Waals surface area contributed by atoms with Crippen molar-refractivity contribution in [3.63, 3.8) is 0 Å². The maximum Gasteiger partial charge on any atom is 0.336 e. The number of ether oxygens (including phenoxy) is 5. The highest BCUT2D eigenvalue weighted by molar-refractivity contribution is 5.97. The second-order valence-corrected chi connectivity index (χ2v) is 10.4. The lowest BCUT2D eigenvalue weighted by Gasteiger charge is -2.28. The number of ketones is 1. The molecule has 2 aliphatic rings. The summed E-state index contributed by atoms with van der Waals surface area (Å²) in [6, 6.07) is 8.69. The monoisotopic (exact) mass is 579 g/mol. The fourth-order valence-electron chi connectivity index (χ4n) is 5.05. The number of methoxy groups -OCH3 is 1. The van der Waals surface area contributed by atoms with Crippen LogP contribution in [0.5, 0.6) is 0 Å². The Morgan fingerprint density at radius 1 is 1.17 bits per heavy atom. The second kappa shape index (κ2) is 12.3. The van der Waals surface area contributed by atoms with Crippen LogP contribution in [0.15, 0.2) is 52.2 Å². The Balaban J connectivity index is 1.53. The number of esters is 1. The van der Waals surface area contributed by atoms with Gasteiger partial charge in [0.2, 0.25) is 0 Å². The SMILES string of the molecule is COC1O[C@@H]2[C@](CO)(CF)O[C@@H](n3ccc(=O)n(COC(=O)C(NCC(=O)c4ccccc4)C(C)C)c3=O)[C@]2(C)O1. The standard InChI is InChI=1S/C27H34FN3O10/c1-16(2)20(29-12-18(33)17-8-6-5-7-9-17)21(35)38-15-31-19(34)10-11-30(24(31)36)23-26(3)22(39-25(37-4)41-26)27(13-28,14-32)40-23/h5-11,16,20,22-23,25,29,32H,12-15H2,1-4H3/t20?,22-,23+,25?,26+,27+/m0/s1. The van der Waals surface area contributed by atoms with Crippen LogP contribution in [-0.4, -0.2) is 82.8 Å². The van der Waals surface area contributed by atoms with Crippen molar-refractivity contribution in [1.82, 2.24) is 14.5 Å². The molecular weight excluding hydrogens is 545 g/mol. The van der Waals surface area contributed by atoms with Gasteiger partial charge < -0.3 is 28.8 Å². The first-order valence-corrected chi connectivity index (χ1v) is 13.0. The van der Waals surface area contributed by atoms with Gasteiger partial charge in [0.05, 0.1) is 13.2 Å². The average Bonchev–Trinajstić information content (AvgIpc) is 3.43. The summed E-state index contributed by atoms with van der Waals surface area (Å²) in [5.74, 6) is -1.30. The Morgan fingerprint density at radius 3 is 2.49 bits per heavy atom. The maximum atomic E-state index is 14.2. The number of alkyl halides is 1. The van der Waals surface area contributed by atoms with Crippen LogP contribution in [0.25, 0.3) is 0 Å². The maximum absolute atomic E-state index is 14.2. The van der Waals surface area contributed by atoms with Gasteiger partial charge in [-0.05, 0) is 12.8 Å². The van der Waals surface area contributed by atoms with Gasteiger partial charge in [0.1, 0.15) is 24.4 Å². The number of halogens is 1. The number of aliphatic hydroxyl groups is 1. The Kier molecular flexibility index (Phi) is 9.21. The predicted molar refractivity (Wildman–Crippen MR) is 140 cm³/mol. The third-order valence-electron chi connectivity index (χ3n) is 7.30. The zero-order valence-corrected chi connectivity index (χ0v) is 23.2. The minimum Gasteiger partial charge on any atom is -0.442 e. The van der Waals surface area contributed by atoms with Crippen LogP contribution in [-0.2, 0) is 35.2 Å². The van der Waals surface area contributed by atoms with E-state index in [4.69, 9.17) is 23.7 Å². The fourth-order valence-corrected chi connectivity index (χ4v) is 5.05. The molecule has 224 valence electrons. The summed E-state index contributed by atoms with van der Waals surface area (Å²) in [6.45, 7) is 0.954. The van der Waals surface area contributed by atoms with Gasteiger partial charge in [0.25, 0.3) is 12.0 Å². The summed E-state index contributed by atoms with van der Waals surface area (Å²) in [4.78, 5) is 51.5. The van der Waals surface area contributed by atoms with Gasteiger partial charge in [-0.2, -0.15) is 0 Å². The highest BCUT2D eigenvalue weighted by Crippen LogP contribution is 2.52. The molecule has 2 fully saturated rings. The third-order valence-corrected chi connectivity index (χ3v) is 7.30. The predicted octanol–water partition coefficient (Wildman–Crippen LogP) is 0.341. The number of hydrogen-bond donors (Lipinski definition) is 2. The van der Waals surface area contributed by atoms with Crippen LogP contribution in [0.3, 0.4) is 0 Å². The van der Waals surface area contributed by atoms with E-state index in [1.54, 1.807) is 44.2 Å². The van der Waals surface area contributed by atoms with E-state index in [9.17, 15) is 28.7 Å². The summed E-state index contributed by atoms with van der Waals surface area (Å²) in [5.41, 5.74) is -4.61. The lowest BCUT2D eigenvalue weighted by atomic mass is 9.88. The number of carbonyl (C=O) groups excluding carboxylic acids is 2. The number of fused-ring (bicyclic) bond motifs is 1. The molecule has 3 heterocycles. The van der Waals surface area contributed by atoms with Crippen LogP contribution in [0, 0.1) is 5.92 Å². The van der Waals surface area contributed by atoms with E-state index >= 15 is 0 Å². The summed E-state index contributed by atoms with van der Waals surface area (Å²) >= 11 is 0. The molecule has 6 atom stereocenters. The normalized spacial score (nSPS) is 28.0. The number of nitrogens with zero attached hydrogens (tertiary/aromatic N) is 2. The number of aliphatic hydroxyl groups excluding tert-OH is 1. The van der Waals surface area contributed by atoms with Crippen LogP contribution in [0.1, 0.15) is 37.4 Å². The van der Waals surface area contributed by atoms with Gasteiger partial charge in [-0.3, -0.25) is 24.3 Å². The van der Waals surface area contributed by atoms with Crippen molar-refractivity contribution in [2.45, 2.75) is 63.6 Å². The number of benzene rings is 1. The van der Waals surface area contributed by atoms with Gasteiger partial charge in [-0.25, -0.2) is 13.8 Å². The van der Waals surface area contributed by atoms with Crippen molar-refractivity contribution < 1.29 is 42.8 Å². The van der Waals surface area contributed by atoms with E-state index in [1.807, 2.05) is 0 Å². The van der Waals surface area contributed by atoms with Crippen molar-refractivity contribution in [2.24, 2.45) is 5.92 Å². The summed E-state index contributed by atoms with van der Waals surface area (Å²) in [5, 5.41) is 12.9. The molecule has 2 aliphatic heterocycles. The number of rotatable bonds is 12. The lowest BCUT2D eigenvalue weighted by molar-refractivity contribution is -0.283. The summed E-state index contributed by atoms with van der Waals surface area (Å²) in [7, 11) is 1.30. The number of nitrogens with one attached hydrogen (secondary N) is 1. The van der Waals surface area contributed by atoms with Gasteiger partial charge in [-0.15, -0.1) is 0 Å². The number of Topliss-reactive ketones (excluding diaryl/α,β-unsaturated/α-hetero) is 1. The van der Waals surface area contributed by atoms with E-state index in [1.165, 1.54) is 14.0 Å². The third kappa shape index (κ3) is 5.76. The van der Waals surface area contributed by atoms with Gasteiger partial charge in [0, 0.05) is 24.9 Å². The minimum atomic E-state index is -1.87. The Hall–Kier alpha value is -3.27. The van der Waals surface area contributed by atoms with E-state index < -0.39 is 73.3 Å². The van der Waals surface area contributed by atoms with E-state index in [2.05, 4.69) is 5.32 Å². The van der Waals surface area contributed by atoms with Crippen LogP contribution < -0.4 is 16.6 Å². The molecule has 1 aromatic heterocycles. The molecule has 0 aliphatic carbocycles. The smallest absolute Gasteiger partial charge is 0.336 e. The molecule has 14 heteroatoms. The Bertz CT molecular complexity index is 1360. The number of hydrogen-bond acceptors (Lipinski definition) is 11. The van der Waals surface area contributed by atoms with Gasteiger partial charge >= 0.3 is 11.7 Å². The number of carbonyl (C=O) groups is 2. The largest absolute Gasteiger partial charge is 0.442 e. The molecule has 2 aromatic rings. The fraction of sp³-hybridized carbons (Fsp3) is 0.556. The molecule has 2 N–H and O–H groups in total. The molecule has 13 nitrogen and oxygen atoms in total. The molecule has 2 saturated heterocycles. The van der Waals surface area contributed by atoms with Crippen LogP contribution in [0.2, 0.25) is 0 Å². The van der Waals surface area contributed by atoms with Crippen molar-refractivity contribution in [1.29, 1.82) is 0 Å². The first-order chi connectivity index (χ1) is 19.5. The van der Waals surface area contributed by atoms with Crippen LogP contribution in [0.4, 0.5) is 4.39 Å². The topological polar surface area (TPSA) is 157 Å². The molecule has 0 amide bonds. The van der Waals surface area contributed by atoms with Crippen molar-refractivity contribution in [3.05, 3.63) is 69.0 Å². The summed E-state index contributed by atoms with van der Waals surface area (Å²) < 4.78 is 43.5. The lowest BCUT2D eigenvalue weighted by Crippen LogP contribution is -2.51. The van der Waals surface area contributed by atoms with Crippen molar-refractivity contribution >= 4 is 11.8 Å². The van der Waals surface area contributed by atoms with Crippen molar-refractivity contribution in [3.8, 4) is 0 Å². The number of aromatic nitrogens is 2. The summed E-state index contributed by atoms with van der Waals surface area (Å²) in [6.07, 6.45) is -1.38. The van der Waals surface area contributed by atoms with Crippen LogP contribution >= 0.6 is 0 Å². The average molecular weight is 580 g/mol. The Morgan fingerprint density at radius 2 is 1.88 bits per heavy atom. The molecule has 0 spiro atoms. The second-order valence-electron chi connectivity index (χ2n) is 10.4. The molecule has 2 unspecified atom stereocenters.